The standard InChI is InChI=1S/C18H26N2O4/c1-11-6-13(10-18(3,4)9-11)19-15-7-12(2)14(17(21)24-5)8-16(15)20(22)23/h7-8,11,13,19H,6,9-10H2,1-5H3/t11-,13+/m0/s1. The van der Waals surface area contributed by atoms with Gasteiger partial charge in [-0.1, -0.05) is 20.8 Å². The van der Waals surface area contributed by atoms with Gasteiger partial charge < -0.3 is 10.1 Å². The average molecular weight is 334 g/mol. The molecule has 1 aliphatic carbocycles. The van der Waals surface area contributed by atoms with Gasteiger partial charge in [-0.3, -0.25) is 10.1 Å². The Kier molecular flexibility index (Phi) is 5.16. The monoisotopic (exact) mass is 334 g/mol. The minimum atomic E-state index is -0.561. The lowest BCUT2D eigenvalue weighted by Gasteiger charge is -2.39. The Hall–Kier alpha value is -2.11. The van der Waals surface area contributed by atoms with Crippen molar-refractivity contribution in [2.24, 2.45) is 11.3 Å². The number of rotatable bonds is 4. The highest BCUT2D eigenvalue weighted by atomic mass is 16.6. The molecule has 1 aliphatic rings. The van der Waals surface area contributed by atoms with Gasteiger partial charge in [-0.05, 0) is 49.1 Å². The van der Waals surface area contributed by atoms with Crippen LogP contribution in [0.25, 0.3) is 0 Å². The highest BCUT2D eigenvalue weighted by Gasteiger charge is 2.33. The van der Waals surface area contributed by atoms with Crippen molar-refractivity contribution in [1.82, 2.24) is 0 Å². The zero-order valence-corrected chi connectivity index (χ0v) is 15.0. The van der Waals surface area contributed by atoms with E-state index in [1.165, 1.54) is 13.2 Å². The molecule has 0 spiro atoms. The fourth-order valence-corrected chi connectivity index (χ4v) is 3.97. The summed E-state index contributed by atoms with van der Waals surface area (Å²) in [6.45, 7) is 8.44. The molecule has 1 saturated carbocycles. The summed E-state index contributed by atoms with van der Waals surface area (Å²) in [4.78, 5) is 22.8. The molecule has 2 rings (SSSR count). The van der Waals surface area contributed by atoms with Crippen molar-refractivity contribution in [2.75, 3.05) is 12.4 Å². The molecule has 0 unspecified atom stereocenters. The van der Waals surface area contributed by atoms with E-state index in [2.05, 4.69) is 26.1 Å². The van der Waals surface area contributed by atoms with Crippen LogP contribution in [0.3, 0.4) is 0 Å². The van der Waals surface area contributed by atoms with Crippen LogP contribution >= 0.6 is 0 Å². The van der Waals surface area contributed by atoms with Crippen molar-refractivity contribution in [3.05, 3.63) is 33.4 Å². The molecule has 6 heteroatoms. The second-order valence-electron chi connectivity index (χ2n) is 7.69. The molecule has 0 aromatic heterocycles. The van der Waals surface area contributed by atoms with Gasteiger partial charge >= 0.3 is 5.97 Å². The summed E-state index contributed by atoms with van der Waals surface area (Å²) >= 11 is 0. The van der Waals surface area contributed by atoms with Crippen molar-refractivity contribution in [1.29, 1.82) is 0 Å². The largest absolute Gasteiger partial charge is 0.465 e. The number of esters is 1. The van der Waals surface area contributed by atoms with Crippen molar-refractivity contribution >= 4 is 17.3 Å². The Bertz CT molecular complexity index is 655. The number of benzene rings is 1. The fraction of sp³-hybridized carbons (Fsp3) is 0.611. The van der Waals surface area contributed by atoms with Crippen LogP contribution in [-0.4, -0.2) is 24.0 Å². The first-order chi connectivity index (χ1) is 11.1. The Morgan fingerprint density at radius 1 is 1.38 bits per heavy atom. The van der Waals surface area contributed by atoms with Gasteiger partial charge in [-0.2, -0.15) is 0 Å². The van der Waals surface area contributed by atoms with Crippen molar-refractivity contribution in [2.45, 2.75) is 53.0 Å². The summed E-state index contributed by atoms with van der Waals surface area (Å²) in [6, 6.07) is 3.17. The minimum Gasteiger partial charge on any atom is -0.465 e. The van der Waals surface area contributed by atoms with Gasteiger partial charge in [0.25, 0.3) is 5.69 Å². The maximum Gasteiger partial charge on any atom is 0.338 e. The summed E-state index contributed by atoms with van der Waals surface area (Å²) in [5, 5.41) is 14.8. The molecule has 1 N–H and O–H groups in total. The fourth-order valence-electron chi connectivity index (χ4n) is 3.97. The molecule has 132 valence electrons. The molecule has 0 heterocycles. The highest BCUT2D eigenvalue weighted by Crippen LogP contribution is 2.40. The van der Waals surface area contributed by atoms with Gasteiger partial charge in [-0.25, -0.2) is 4.79 Å². The van der Waals surface area contributed by atoms with Crippen LogP contribution in [0.5, 0.6) is 0 Å². The number of anilines is 1. The van der Waals surface area contributed by atoms with Gasteiger partial charge in [0.1, 0.15) is 5.69 Å². The SMILES string of the molecule is COC(=O)c1cc([N+](=O)[O-])c(N[C@@H]2C[C@H](C)CC(C)(C)C2)cc1C. The molecule has 1 aromatic rings. The zero-order valence-electron chi connectivity index (χ0n) is 15.0. The van der Waals surface area contributed by atoms with Crippen molar-refractivity contribution < 1.29 is 14.5 Å². The number of aryl methyl sites for hydroxylation is 1. The van der Waals surface area contributed by atoms with Crippen molar-refractivity contribution in [3.8, 4) is 0 Å². The Balaban J connectivity index is 2.34. The number of ether oxygens (including phenoxy) is 1. The van der Waals surface area contributed by atoms with Gasteiger partial charge in [0.2, 0.25) is 0 Å². The van der Waals surface area contributed by atoms with Gasteiger partial charge in [-0.15, -0.1) is 0 Å². The molecule has 2 atom stereocenters. The number of carbonyl (C=O) groups excluding carboxylic acids is 1. The molecule has 0 bridgehead atoms. The topological polar surface area (TPSA) is 81.5 Å². The van der Waals surface area contributed by atoms with E-state index in [0.29, 0.717) is 17.2 Å². The summed E-state index contributed by atoms with van der Waals surface area (Å²) in [6.07, 6.45) is 3.11. The number of hydrogen-bond acceptors (Lipinski definition) is 5. The maximum atomic E-state index is 11.8. The lowest BCUT2D eigenvalue weighted by atomic mass is 9.70. The van der Waals surface area contributed by atoms with E-state index in [0.717, 1.165) is 19.3 Å². The molecule has 0 aliphatic heterocycles. The third kappa shape index (κ3) is 4.04. The summed E-state index contributed by atoms with van der Waals surface area (Å²) in [7, 11) is 1.27. The van der Waals surface area contributed by atoms with E-state index < -0.39 is 10.9 Å². The predicted molar refractivity (Wildman–Crippen MR) is 93.4 cm³/mol. The normalized spacial score (nSPS) is 22.7. The van der Waals surface area contributed by atoms with Gasteiger partial charge in [0.15, 0.2) is 0 Å². The third-order valence-corrected chi connectivity index (χ3v) is 4.69. The molecule has 0 saturated heterocycles. The van der Waals surface area contributed by atoms with Crippen LogP contribution in [-0.2, 0) is 4.74 Å². The number of methoxy groups -OCH3 is 1. The number of nitro groups is 1. The predicted octanol–water partition coefficient (Wildman–Crippen LogP) is 4.32. The van der Waals surface area contributed by atoms with Crippen LogP contribution < -0.4 is 5.32 Å². The van der Waals surface area contributed by atoms with E-state index in [1.807, 2.05) is 0 Å². The minimum absolute atomic E-state index is 0.0861. The van der Waals surface area contributed by atoms with E-state index >= 15 is 0 Å². The van der Waals surface area contributed by atoms with Crippen LogP contribution in [0.4, 0.5) is 11.4 Å². The van der Waals surface area contributed by atoms with Crippen LogP contribution in [0.1, 0.15) is 56.0 Å². The third-order valence-electron chi connectivity index (χ3n) is 4.69. The quantitative estimate of drug-likeness (QED) is 0.504. The molecule has 24 heavy (non-hydrogen) atoms. The average Bonchev–Trinajstić information content (AvgIpc) is 2.44. The van der Waals surface area contributed by atoms with E-state index in [4.69, 9.17) is 4.74 Å². The molecule has 0 radical (unpaired) electrons. The number of hydrogen-bond donors (Lipinski definition) is 1. The van der Waals surface area contributed by atoms with E-state index in [-0.39, 0.29) is 22.7 Å². The molecule has 0 amide bonds. The first-order valence-corrected chi connectivity index (χ1v) is 8.27. The maximum absolute atomic E-state index is 11.8. The van der Waals surface area contributed by atoms with E-state index in [1.54, 1.807) is 13.0 Å². The van der Waals surface area contributed by atoms with Gasteiger partial charge in [0.05, 0.1) is 17.6 Å². The van der Waals surface area contributed by atoms with E-state index in [9.17, 15) is 14.9 Å². The Labute approximate surface area is 142 Å². The Morgan fingerprint density at radius 2 is 2.04 bits per heavy atom. The summed E-state index contributed by atoms with van der Waals surface area (Å²) < 4.78 is 4.70. The van der Waals surface area contributed by atoms with Crippen LogP contribution in [0.15, 0.2) is 12.1 Å². The first kappa shape index (κ1) is 18.2. The number of nitrogens with zero attached hydrogens (tertiary/aromatic N) is 1. The second-order valence-corrected chi connectivity index (χ2v) is 7.69. The lowest BCUT2D eigenvalue weighted by Crippen LogP contribution is -2.35. The number of nitrogens with one attached hydrogen (secondary N) is 1. The highest BCUT2D eigenvalue weighted by molar-refractivity contribution is 5.93. The second kappa shape index (κ2) is 6.79. The molecule has 1 fully saturated rings. The first-order valence-electron chi connectivity index (χ1n) is 8.27. The zero-order chi connectivity index (χ0) is 18.1. The smallest absolute Gasteiger partial charge is 0.338 e. The van der Waals surface area contributed by atoms with Crippen molar-refractivity contribution in [3.63, 3.8) is 0 Å². The lowest BCUT2D eigenvalue weighted by molar-refractivity contribution is -0.384. The summed E-state index contributed by atoms with van der Waals surface area (Å²) in [5.74, 6) is 0.00955. The molecule has 6 nitrogen and oxygen atoms in total. The number of nitro benzene ring substituents is 1. The Morgan fingerprint density at radius 3 is 2.58 bits per heavy atom. The van der Waals surface area contributed by atoms with Gasteiger partial charge in [0, 0.05) is 12.1 Å². The van der Waals surface area contributed by atoms with Crippen LogP contribution in [0.2, 0.25) is 0 Å². The molecular weight excluding hydrogens is 308 g/mol. The molecular formula is C18H26N2O4. The molecule has 1 aromatic carbocycles. The summed E-state index contributed by atoms with van der Waals surface area (Å²) in [5.41, 5.74) is 1.49. The number of carbonyl (C=O) groups is 1. The van der Waals surface area contributed by atoms with Crippen LogP contribution in [0, 0.1) is 28.4 Å².